The predicted molar refractivity (Wildman–Crippen MR) is 78.2 cm³/mol. The number of hydrogen-bond acceptors (Lipinski definition) is 2. The van der Waals surface area contributed by atoms with Crippen molar-refractivity contribution in [3.05, 3.63) is 35.4 Å². The fourth-order valence-corrected chi connectivity index (χ4v) is 2.59. The van der Waals surface area contributed by atoms with E-state index in [0.717, 1.165) is 32.4 Å². The van der Waals surface area contributed by atoms with Gasteiger partial charge in [0.05, 0.1) is 6.04 Å². The molecule has 1 aliphatic rings. The van der Waals surface area contributed by atoms with Gasteiger partial charge in [-0.25, -0.2) is 0 Å². The van der Waals surface area contributed by atoms with Crippen LogP contribution in [-0.2, 0) is 11.2 Å². The Morgan fingerprint density at radius 2 is 2.16 bits per heavy atom. The first-order chi connectivity index (χ1) is 9.27. The van der Waals surface area contributed by atoms with Gasteiger partial charge in [0.1, 0.15) is 0 Å². The fraction of sp³-hybridized carbons (Fsp3) is 0.562. The summed E-state index contributed by atoms with van der Waals surface area (Å²) in [5.74, 6) is 0.162. The van der Waals surface area contributed by atoms with E-state index in [1.54, 1.807) is 0 Å². The van der Waals surface area contributed by atoms with Crippen molar-refractivity contribution in [2.24, 2.45) is 0 Å². The Kier molecular flexibility index (Phi) is 5.40. The number of rotatable bonds is 4. The molecule has 0 radical (unpaired) electrons. The van der Waals surface area contributed by atoms with Crippen LogP contribution >= 0.6 is 0 Å². The molecule has 19 heavy (non-hydrogen) atoms. The van der Waals surface area contributed by atoms with E-state index in [2.05, 4.69) is 35.8 Å². The minimum absolute atomic E-state index is 0.0133. The molecule has 2 N–H and O–H groups in total. The molecule has 3 heteroatoms. The van der Waals surface area contributed by atoms with Gasteiger partial charge in [0.25, 0.3) is 0 Å². The summed E-state index contributed by atoms with van der Waals surface area (Å²) in [5.41, 5.74) is 2.61. The maximum atomic E-state index is 12.1. The third-order valence-electron chi connectivity index (χ3n) is 3.83. The summed E-state index contributed by atoms with van der Waals surface area (Å²) in [6.45, 7) is 3.81. The second kappa shape index (κ2) is 7.29. The molecule has 1 aromatic rings. The molecule has 0 aromatic heterocycles. The Balaban J connectivity index is 1.76. The summed E-state index contributed by atoms with van der Waals surface area (Å²) in [7, 11) is 0. The van der Waals surface area contributed by atoms with Gasteiger partial charge in [0.15, 0.2) is 0 Å². The van der Waals surface area contributed by atoms with Gasteiger partial charge in [-0.05, 0) is 43.9 Å². The van der Waals surface area contributed by atoms with Crippen LogP contribution < -0.4 is 10.6 Å². The zero-order chi connectivity index (χ0) is 13.5. The normalized spacial score (nSPS) is 19.7. The van der Waals surface area contributed by atoms with E-state index in [1.165, 1.54) is 24.0 Å². The van der Waals surface area contributed by atoms with Crippen molar-refractivity contribution in [3.8, 4) is 0 Å². The Labute approximate surface area is 115 Å². The third kappa shape index (κ3) is 4.35. The lowest BCUT2D eigenvalue weighted by Gasteiger charge is -2.15. The molecule has 1 unspecified atom stereocenters. The van der Waals surface area contributed by atoms with E-state index < -0.39 is 0 Å². The van der Waals surface area contributed by atoms with Crippen LogP contribution in [0.3, 0.4) is 0 Å². The van der Waals surface area contributed by atoms with Crippen LogP contribution in [0.4, 0.5) is 0 Å². The topological polar surface area (TPSA) is 41.1 Å². The largest absolute Gasteiger partial charge is 0.354 e. The number of hydrogen-bond donors (Lipinski definition) is 2. The first-order valence-electron chi connectivity index (χ1n) is 7.33. The monoisotopic (exact) mass is 260 g/mol. The molecule has 1 atom stereocenters. The van der Waals surface area contributed by atoms with Crippen molar-refractivity contribution in [2.75, 3.05) is 13.1 Å². The molecule has 3 nitrogen and oxygen atoms in total. The van der Waals surface area contributed by atoms with E-state index in [0.29, 0.717) is 0 Å². The third-order valence-corrected chi connectivity index (χ3v) is 3.83. The maximum Gasteiger partial charge on any atom is 0.237 e. The van der Waals surface area contributed by atoms with Crippen molar-refractivity contribution in [3.63, 3.8) is 0 Å². The van der Waals surface area contributed by atoms with Gasteiger partial charge in [0.2, 0.25) is 5.91 Å². The Morgan fingerprint density at radius 3 is 3.00 bits per heavy atom. The summed E-state index contributed by atoms with van der Waals surface area (Å²) < 4.78 is 0. The second-order valence-electron chi connectivity index (χ2n) is 5.32. The highest BCUT2D eigenvalue weighted by Crippen LogP contribution is 2.09. The molecule has 1 fully saturated rings. The first-order valence-corrected chi connectivity index (χ1v) is 7.33. The van der Waals surface area contributed by atoms with Crippen LogP contribution in [0.5, 0.6) is 0 Å². The highest BCUT2D eigenvalue weighted by molar-refractivity contribution is 5.81. The van der Waals surface area contributed by atoms with E-state index in [1.807, 2.05) is 6.07 Å². The summed E-state index contributed by atoms with van der Waals surface area (Å²) in [4.78, 5) is 12.1. The molecule has 0 spiro atoms. The van der Waals surface area contributed by atoms with Gasteiger partial charge in [0, 0.05) is 6.54 Å². The average molecular weight is 260 g/mol. The zero-order valence-electron chi connectivity index (χ0n) is 11.7. The quantitative estimate of drug-likeness (QED) is 0.871. The minimum Gasteiger partial charge on any atom is -0.354 e. The van der Waals surface area contributed by atoms with Crippen molar-refractivity contribution in [1.82, 2.24) is 10.6 Å². The molecule has 1 amide bonds. The van der Waals surface area contributed by atoms with Gasteiger partial charge in [-0.1, -0.05) is 37.1 Å². The Hall–Kier alpha value is -1.35. The summed E-state index contributed by atoms with van der Waals surface area (Å²) >= 11 is 0. The van der Waals surface area contributed by atoms with E-state index in [4.69, 9.17) is 0 Å². The van der Waals surface area contributed by atoms with Gasteiger partial charge < -0.3 is 10.6 Å². The van der Waals surface area contributed by atoms with Crippen LogP contribution in [0.2, 0.25) is 0 Å². The standard InChI is InChI=1S/C16H24N2O/c1-13-7-4-5-8-14(13)10-12-18-16(19)15-9-3-2-6-11-17-15/h4-5,7-8,15,17H,2-3,6,9-12H2,1H3,(H,18,19). The molecule has 1 aliphatic heterocycles. The Morgan fingerprint density at radius 1 is 1.32 bits per heavy atom. The lowest BCUT2D eigenvalue weighted by Crippen LogP contribution is -2.44. The van der Waals surface area contributed by atoms with Crippen molar-refractivity contribution >= 4 is 5.91 Å². The lowest BCUT2D eigenvalue weighted by molar-refractivity contribution is -0.123. The summed E-state index contributed by atoms with van der Waals surface area (Å²) in [6, 6.07) is 8.36. The highest BCUT2D eigenvalue weighted by Gasteiger charge is 2.18. The summed E-state index contributed by atoms with van der Waals surface area (Å²) in [6.07, 6.45) is 5.46. The van der Waals surface area contributed by atoms with Crippen molar-refractivity contribution in [2.45, 2.75) is 45.1 Å². The lowest BCUT2D eigenvalue weighted by atomic mass is 10.1. The van der Waals surface area contributed by atoms with Crippen LogP contribution in [-0.4, -0.2) is 25.0 Å². The van der Waals surface area contributed by atoms with Crippen LogP contribution in [0.1, 0.15) is 36.8 Å². The summed E-state index contributed by atoms with van der Waals surface area (Å²) in [5, 5.41) is 6.38. The smallest absolute Gasteiger partial charge is 0.237 e. The van der Waals surface area contributed by atoms with Crippen molar-refractivity contribution < 1.29 is 4.79 Å². The molecular formula is C16H24N2O. The predicted octanol–water partition coefficient (Wildman–Crippen LogP) is 2.19. The zero-order valence-corrected chi connectivity index (χ0v) is 11.7. The van der Waals surface area contributed by atoms with Crippen LogP contribution in [0.25, 0.3) is 0 Å². The molecule has 104 valence electrons. The Bertz CT molecular complexity index is 409. The van der Waals surface area contributed by atoms with Gasteiger partial charge in [-0.3, -0.25) is 4.79 Å². The van der Waals surface area contributed by atoms with Crippen LogP contribution in [0, 0.1) is 6.92 Å². The number of nitrogens with one attached hydrogen (secondary N) is 2. The fourth-order valence-electron chi connectivity index (χ4n) is 2.59. The SMILES string of the molecule is Cc1ccccc1CCNC(=O)C1CCCCCN1. The molecule has 2 rings (SSSR count). The van der Waals surface area contributed by atoms with Crippen molar-refractivity contribution in [1.29, 1.82) is 0 Å². The average Bonchev–Trinajstić information content (AvgIpc) is 2.70. The minimum atomic E-state index is 0.0133. The number of benzene rings is 1. The molecule has 0 saturated carbocycles. The first kappa shape index (κ1) is 14.1. The second-order valence-corrected chi connectivity index (χ2v) is 5.32. The highest BCUT2D eigenvalue weighted by atomic mass is 16.2. The molecule has 0 aliphatic carbocycles. The molecule has 0 bridgehead atoms. The van der Waals surface area contributed by atoms with E-state index in [-0.39, 0.29) is 11.9 Å². The maximum absolute atomic E-state index is 12.1. The molecule has 1 aromatic carbocycles. The molecule has 1 heterocycles. The number of carbonyl (C=O) groups excluding carboxylic acids is 1. The van der Waals surface area contributed by atoms with Gasteiger partial charge in [-0.2, -0.15) is 0 Å². The van der Waals surface area contributed by atoms with E-state index >= 15 is 0 Å². The number of amides is 1. The number of aryl methyl sites for hydroxylation is 1. The number of carbonyl (C=O) groups is 1. The van der Waals surface area contributed by atoms with E-state index in [9.17, 15) is 4.79 Å². The van der Waals surface area contributed by atoms with Gasteiger partial charge in [-0.15, -0.1) is 0 Å². The van der Waals surface area contributed by atoms with Crippen LogP contribution in [0.15, 0.2) is 24.3 Å². The molecule has 1 saturated heterocycles. The van der Waals surface area contributed by atoms with Gasteiger partial charge >= 0.3 is 0 Å². The molecular weight excluding hydrogens is 236 g/mol.